The number of halogens is 1. The monoisotopic (exact) mass is 578 g/mol. The maximum Gasteiger partial charge on any atom is 0.273 e. The van der Waals surface area contributed by atoms with Crippen molar-refractivity contribution in [1.82, 2.24) is 19.1 Å². The van der Waals surface area contributed by atoms with Crippen LogP contribution in [0.2, 0.25) is 5.02 Å². The molecule has 1 aromatic carbocycles. The molecule has 37 heavy (non-hydrogen) atoms. The number of piperazine rings is 1. The number of piperidine rings is 1. The van der Waals surface area contributed by atoms with Crippen LogP contribution in [0.3, 0.4) is 0 Å². The standard InChI is InChI=1S/C26H31ClN4O3S3/c1-19-4-5-22(17-23(19)27)37(33,34)31-10-6-20(7-11-31)25-28-24(18-36-25)26(32)30-14-12-29(13-15-30)9-8-21-3-2-16-35-21/h2-5,16-18,20H,6-15H2,1H3. The Morgan fingerprint density at radius 1 is 1.08 bits per heavy atom. The molecule has 0 aliphatic carbocycles. The van der Waals surface area contributed by atoms with Crippen LogP contribution in [0.25, 0.3) is 0 Å². The molecular weight excluding hydrogens is 548 g/mol. The van der Waals surface area contributed by atoms with Gasteiger partial charge < -0.3 is 4.90 Å². The molecule has 11 heteroatoms. The summed E-state index contributed by atoms with van der Waals surface area (Å²) in [5.74, 6) is 0.158. The van der Waals surface area contributed by atoms with Crippen LogP contribution in [0.4, 0.5) is 0 Å². The van der Waals surface area contributed by atoms with E-state index in [4.69, 9.17) is 16.6 Å². The minimum Gasteiger partial charge on any atom is -0.335 e. The number of sulfonamides is 1. The molecule has 3 aromatic rings. The summed E-state index contributed by atoms with van der Waals surface area (Å²) >= 11 is 9.47. The normalized spacial score (nSPS) is 18.4. The highest BCUT2D eigenvalue weighted by atomic mass is 35.5. The Kier molecular flexibility index (Phi) is 8.33. The van der Waals surface area contributed by atoms with Crippen LogP contribution in [0.5, 0.6) is 0 Å². The molecular formula is C26H31ClN4O3S3. The van der Waals surface area contributed by atoms with E-state index in [9.17, 15) is 13.2 Å². The van der Waals surface area contributed by atoms with Gasteiger partial charge in [-0.2, -0.15) is 4.31 Å². The molecule has 0 atom stereocenters. The number of thiazole rings is 1. The van der Waals surface area contributed by atoms with Gasteiger partial charge in [-0.05, 0) is 55.3 Å². The van der Waals surface area contributed by atoms with Crippen LogP contribution in [-0.2, 0) is 16.4 Å². The van der Waals surface area contributed by atoms with Gasteiger partial charge in [-0.15, -0.1) is 22.7 Å². The first kappa shape index (κ1) is 26.8. The number of carbonyl (C=O) groups excluding carboxylic acids is 1. The quantitative estimate of drug-likeness (QED) is 0.405. The Balaban J connectivity index is 1.13. The summed E-state index contributed by atoms with van der Waals surface area (Å²) < 4.78 is 27.7. The van der Waals surface area contributed by atoms with E-state index in [1.165, 1.54) is 26.6 Å². The Labute approximate surface area is 231 Å². The molecule has 2 fully saturated rings. The largest absolute Gasteiger partial charge is 0.335 e. The second kappa shape index (κ2) is 11.5. The van der Waals surface area contributed by atoms with Crippen LogP contribution in [0, 0.1) is 6.92 Å². The van der Waals surface area contributed by atoms with E-state index in [0.717, 1.165) is 49.7 Å². The fourth-order valence-corrected chi connectivity index (χ4v) is 8.26. The van der Waals surface area contributed by atoms with Gasteiger partial charge in [0.1, 0.15) is 5.69 Å². The average Bonchev–Trinajstić information content (AvgIpc) is 3.62. The van der Waals surface area contributed by atoms with Crippen LogP contribution in [0.15, 0.2) is 46.0 Å². The predicted molar refractivity (Wildman–Crippen MR) is 149 cm³/mol. The fraction of sp³-hybridized carbons (Fsp3) is 0.462. The average molecular weight is 579 g/mol. The fourth-order valence-electron chi connectivity index (χ4n) is 4.86. The third kappa shape index (κ3) is 6.10. The van der Waals surface area contributed by atoms with Crippen molar-refractivity contribution in [3.63, 3.8) is 0 Å². The van der Waals surface area contributed by atoms with Crippen molar-refractivity contribution in [3.05, 3.63) is 67.3 Å². The Morgan fingerprint density at radius 2 is 1.84 bits per heavy atom. The zero-order valence-electron chi connectivity index (χ0n) is 20.8. The minimum atomic E-state index is -3.58. The van der Waals surface area contributed by atoms with E-state index in [0.29, 0.717) is 36.6 Å². The van der Waals surface area contributed by atoms with Gasteiger partial charge in [-0.3, -0.25) is 9.69 Å². The SMILES string of the molecule is Cc1ccc(S(=O)(=O)N2CCC(c3nc(C(=O)N4CCN(CCc5cccs5)CC4)cs3)CC2)cc1Cl. The summed E-state index contributed by atoms with van der Waals surface area (Å²) in [7, 11) is -3.58. The summed E-state index contributed by atoms with van der Waals surface area (Å²) in [5.41, 5.74) is 1.36. The Bertz CT molecular complexity index is 1330. The highest BCUT2D eigenvalue weighted by Crippen LogP contribution is 2.33. The minimum absolute atomic E-state index is 0.00308. The molecule has 2 aromatic heterocycles. The van der Waals surface area contributed by atoms with Crippen LogP contribution < -0.4 is 0 Å². The molecule has 5 rings (SSSR count). The van der Waals surface area contributed by atoms with Gasteiger partial charge >= 0.3 is 0 Å². The summed E-state index contributed by atoms with van der Waals surface area (Å²) in [4.78, 5) is 23.7. The second-order valence-electron chi connectivity index (χ2n) is 9.62. The lowest BCUT2D eigenvalue weighted by atomic mass is 9.99. The Morgan fingerprint density at radius 3 is 2.51 bits per heavy atom. The number of benzene rings is 1. The first-order valence-electron chi connectivity index (χ1n) is 12.6. The second-order valence-corrected chi connectivity index (χ2v) is 13.9. The summed E-state index contributed by atoms with van der Waals surface area (Å²) in [5, 5.41) is 5.35. The zero-order chi connectivity index (χ0) is 26.0. The van der Waals surface area contributed by atoms with Crippen molar-refractivity contribution in [1.29, 1.82) is 0 Å². The molecule has 0 radical (unpaired) electrons. The first-order chi connectivity index (χ1) is 17.8. The van der Waals surface area contributed by atoms with Crippen LogP contribution in [0.1, 0.15) is 44.7 Å². The van der Waals surface area contributed by atoms with Crippen molar-refractivity contribution < 1.29 is 13.2 Å². The van der Waals surface area contributed by atoms with Crippen molar-refractivity contribution in [2.45, 2.75) is 37.0 Å². The first-order valence-corrected chi connectivity index (χ1v) is 16.1. The van der Waals surface area contributed by atoms with Gasteiger partial charge in [-0.1, -0.05) is 23.7 Å². The van der Waals surface area contributed by atoms with E-state index in [2.05, 4.69) is 22.4 Å². The predicted octanol–water partition coefficient (Wildman–Crippen LogP) is 4.74. The number of rotatable bonds is 7. The lowest BCUT2D eigenvalue weighted by Gasteiger charge is -2.34. The van der Waals surface area contributed by atoms with Gasteiger partial charge in [0.2, 0.25) is 10.0 Å². The Hall–Kier alpha value is -1.82. The van der Waals surface area contributed by atoms with Crippen molar-refractivity contribution in [2.75, 3.05) is 45.8 Å². The van der Waals surface area contributed by atoms with Crippen LogP contribution in [-0.4, -0.2) is 79.2 Å². The lowest BCUT2D eigenvalue weighted by Crippen LogP contribution is -2.49. The molecule has 0 unspecified atom stereocenters. The number of hydrogen-bond donors (Lipinski definition) is 0. The molecule has 1 amide bonds. The van der Waals surface area contributed by atoms with Crippen molar-refractivity contribution >= 4 is 50.2 Å². The highest BCUT2D eigenvalue weighted by molar-refractivity contribution is 7.89. The number of aryl methyl sites for hydroxylation is 1. The van der Waals surface area contributed by atoms with Crippen molar-refractivity contribution in [2.24, 2.45) is 0 Å². The number of thiophene rings is 1. The topological polar surface area (TPSA) is 73.8 Å². The zero-order valence-corrected chi connectivity index (χ0v) is 24.0. The smallest absolute Gasteiger partial charge is 0.273 e. The van der Waals surface area contributed by atoms with Crippen molar-refractivity contribution in [3.8, 4) is 0 Å². The van der Waals surface area contributed by atoms with Gasteiger partial charge in [0.25, 0.3) is 5.91 Å². The highest BCUT2D eigenvalue weighted by Gasteiger charge is 2.32. The summed E-state index contributed by atoms with van der Waals surface area (Å²) in [6, 6.07) is 9.14. The molecule has 0 bridgehead atoms. The van der Waals surface area contributed by atoms with Gasteiger partial charge in [0, 0.05) is 67.0 Å². The molecule has 2 aliphatic heterocycles. The molecule has 7 nitrogen and oxygen atoms in total. The van der Waals surface area contributed by atoms with Gasteiger partial charge in [0.15, 0.2) is 0 Å². The molecule has 198 valence electrons. The van der Waals surface area contributed by atoms with Gasteiger partial charge in [0.05, 0.1) is 9.90 Å². The molecule has 2 aliphatic rings. The number of amides is 1. The van der Waals surface area contributed by atoms with E-state index >= 15 is 0 Å². The van der Waals surface area contributed by atoms with Crippen LogP contribution >= 0.6 is 34.3 Å². The molecule has 2 saturated heterocycles. The number of nitrogens with zero attached hydrogens (tertiary/aromatic N) is 4. The molecule has 0 spiro atoms. The van der Waals surface area contributed by atoms with E-state index in [1.54, 1.807) is 23.5 Å². The van der Waals surface area contributed by atoms with E-state index in [-0.39, 0.29) is 16.7 Å². The number of hydrogen-bond acceptors (Lipinski definition) is 7. The summed E-state index contributed by atoms with van der Waals surface area (Å²) in [6.07, 6.45) is 2.42. The molecule has 0 N–H and O–H groups in total. The maximum absolute atomic E-state index is 13.1. The maximum atomic E-state index is 13.1. The molecule has 4 heterocycles. The number of aromatic nitrogens is 1. The van der Waals surface area contributed by atoms with E-state index in [1.807, 2.05) is 17.2 Å². The summed E-state index contributed by atoms with van der Waals surface area (Å²) in [6.45, 7) is 6.92. The number of carbonyl (C=O) groups is 1. The van der Waals surface area contributed by atoms with E-state index < -0.39 is 10.0 Å². The molecule has 0 saturated carbocycles. The van der Waals surface area contributed by atoms with Gasteiger partial charge in [-0.25, -0.2) is 13.4 Å². The third-order valence-corrected chi connectivity index (χ3v) is 11.5. The third-order valence-electron chi connectivity index (χ3n) is 7.24. The lowest BCUT2D eigenvalue weighted by molar-refractivity contribution is 0.0633.